The van der Waals surface area contributed by atoms with Crippen molar-refractivity contribution in [1.29, 1.82) is 0 Å². The fourth-order valence-electron chi connectivity index (χ4n) is 2.35. The lowest BCUT2D eigenvalue weighted by Gasteiger charge is -2.30. The van der Waals surface area contributed by atoms with Gasteiger partial charge in [0.05, 0.1) is 18.8 Å². The van der Waals surface area contributed by atoms with Gasteiger partial charge in [0.25, 0.3) is 0 Å². The molecule has 1 heterocycles. The Hall–Kier alpha value is -1.46. The van der Waals surface area contributed by atoms with Crippen molar-refractivity contribution in [2.45, 2.75) is 39.0 Å². The van der Waals surface area contributed by atoms with Crippen molar-refractivity contribution in [3.8, 4) is 0 Å². The minimum atomic E-state index is -0.340. The molecular weight excluding hydrogens is 259 g/mol. The third kappa shape index (κ3) is 3.35. The zero-order valence-corrected chi connectivity index (χ0v) is 12.1. The largest absolute Gasteiger partial charge is 0.375 e. The van der Waals surface area contributed by atoms with E-state index in [0.29, 0.717) is 18.7 Å². The number of hydrogen-bond donors (Lipinski definition) is 2. The van der Waals surface area contributed by atoms with Gasteiger partial charge < -0.3 is 15.4 Å². The fourth-order valence-corrected chi connectivity index (χ4v) is 2.35. The quantitative estimate of drug-likeness (QED) is 0.886. The average Bonchev–Trinajstić information content (AvgIpc) is 2.42. The van der Waals surface area contributed by atoms with E-state index in [1.807, 2.05) is 13.8 Å². The highest BCUT2D eigenvalue weighted by Gasteiger charge is 2.29. The molecule has 1 fully saturated rings. The summed E-state index contributed by atoms with van der Waals surface area (Å²) >= 11 is 0. The van der Waals surface area contributed by atoms with Crippen LogP contribution in [0.1, 0.15) is 31.0 Å². The number of amides is 1. The van der Waals surface area contributed by atoms with Crippen LogP contribution in [0.3, 0.4) is 0 Å². The lowest BCUT2D eigenvalue weighted by molar-refractivity contribution is -0.129. The van der Waals surface area contributed by atoms with E-state index in [9.17, 15) is 9.18 Å². The molecule has 0 aromatic heterocycles. The SMILES string of the molecule is Cc1cc(C(C)NC(=O)[C@H]2NCCO[C@@H]2C)ccc1F. The van der Waals surface area contributed by atoms with E-state index in [4.69, 9.17) is 4.74 Å². The van der Waals surface area contributed by atoms with E-state index in [2.05, 4.69) is 10.6 Å². The molecule has 1 aromatic rings. The van der Waals surface area contributed by atoms with Gasteiger partial charge in [-0.15, -0.1) is 0 Å². The van der Waals surface area contributed by atoms with E-state index >= 15 is 0 Å². The first kappa shape index (κ1) is 14.9. The summed E-state index contributed by atoms with van der Waals surface area (Å²) in [4.78, 5) is 12.2. The first-order chi connectivity index (χ1) is 9.49. The van der Waals surface area contributed by atoms with Crippen LogP contribution in [0.2, 0.25) is 0 Å². The predicted molar refractivity (Wildman–Crippen MR) is 74.9 cm³/mol. The molecule has 4 nitrogen and oxygen atoms in total. The molecule has 20 heavy (non-hydrogen) atoms. The Morgan fingerprint density at radius 1 is 1.55 bits per heavy atom. The Kier molecular flexibility index (Phi) is 4.73. The van der Waals surface area contributed by atoms with E-state index in [1.165, 1.54) is 6.07 Å². The van der Waals surface area contributed by atoms with Gasteiger partial charge in [-0.2, -0.15) is 0 Å². The summed E-state index contributed by atoms with van der Waals surface area (Å²) in [5.74, 6) is -0.324. The molecule has 1 aliphatic rings. The number of carbonyl (C=O) groups excluding carboxylic acids is 1. The summed E-state index contributed by atoms with van der Waals surface area (Å²) in [6.45, 7) is 6.78. The Morgan fingerprint density at radius 3 is 2.95 bits per heavy atom. The number of morpholine rings is 1. The predicted octanol–water partition coefficient (Wildman–Crippen LogP) is 1.69. The van der Waals surface area contributed by atoms with Crippen LogP contribution in [0.5, 0.6) is 0 Å². The third-order valence-corrected chi connectivity index (χ3v) is 3.64. The number of benzene rings is 1. The minimum absolute atomic E-state index is 0.0910. The van der Waals surface area contributed by atoms with Crippen LogP contribution in [0, 0.1) is 12.7 Å². The second-order valence-corrected chi connectivity index (χ2v) is 5.25. The zero-order chi connectivity index (χ0) is 14.7. The van der Waals surface area contributed by atoms with Crippen molar-refractivity contribution in [2.24, 2.45) is 0 Å². The van der Waals surface area contributed by atoms with Gasteiger partial charge in [-0.25, -0.2) is 4.39 Å². The molecule has 0 saturated carbocycles. The molecule has 2 rings (SSSR count). The van der Waals surface area contributed by atoms with Crippen molar-refractivity contribution in [2.75, 3.05) is 13.2 Å². The lowest BCUT2D eigenvalue weighted by atomic mass is 10.0. The fraction of sp³-hybridized carbons (Fsp3) is 0.533. The first-order valence-corrected chi connectivity index (χ1v) is 6.90. The van der Waals surface area contributed by atoms with Crippen LogP contribution in [-0.2, 0) is 9.53 Å². The normalized spacial score (nSPS) is 24.2. The maximum absolute atomic E-state index is 13.3. The maximum atomic E-state index is 13.3. The highest BCUT2D eigenvalue weighted by atomic mass is 19.1. The van der Waals surface area contributed by atoms with Gasteiger partial charge in [0.1, 0.15) is 11.9 Å². The Bertz CT molecular complexity index is 493. The van der Waals surface area contributed by atoms with E-state index < -0.39 is 0 Å². The van der Waals surface area contributed by atoms with Gasteiger partial charge in [0.2, 0.25) is 5.91 Å². The third-order valence-electron chi connectivity index (χ3n) is 3.64. The van der Waals surface area contributed by atoms with Gasteiger partial charge in [-0.1, -0.05) is 12.1 Å². The van der Waals surface area contributed by atoms with Gasteiger partial charge in [0.15, 0.2) is 0 Å². The summed E-state index contributed by atoms with van der Waals surface area (Å²) < 4.78 is 18.7. The molecule has 1 aromatic carbocycles. The molecular formula is C15H21FN2O2. The molecule has 1 saturated heterocycles. The average molecular weight is 280 g/mol. The minimum Gasteiger partial charge on any atom is -0.375 e. The summed E-state index contributed by atoms with van der Waals surface area (Å²) in [5, 5.41) is 6.09. The Balaban J connectivity index is 2.01. The molecule has 1 amide bonds. The second kappa shape index (κ2) is 6.33. The molecule has 1 unspecified atom stereocenters. The first-order valence-electron chi connectivity index (χ1n) is 6.90. The molecule has 0 aliphatic carbocycles. The van der Waals surface area contributed by atoms with E-state index in [0.717, 1.165) is 5.56 Å². The number of carbonyl (C=O) groups is 1. The molecule has 3 atom stereocenters. The Morgan fingerprint density at radius 2 is 2.30 bits per heavy atom. The number of halogens is 1. The number of hydrogen-bond acceptors (Lipinski definition) is 3. The highest BCUT2D eigenvalue weighted by Crippen LogP contribution is 2.17. The summed E-state index contributed by atoms with van der Waals surface area (Å²) in [6.07, 6.45) is -0.147. The summed E-state index contributed by atoms with van der Waals surface area (Å²) in [6, 6.07) is 4.37. The Labute approximate surface area is 118 Å². The molecule has 110 valence electrons. The molecule has 5 heteroatoms. The number of rotatable bonds is 3. The van der Waals surface area contributed by atoms with Crippen molar-refractivity contribution in [1.82, 2.24) is 10.6 Å². The molecule has 0 bridgehead atoms. The van der Waals surface area contributed by atoms with Crippen LogP contribution in [0.4, 0.5) is 4.39 Å². The highest BCUT2D eigenvalue weighted by molar-refractivity contribution is 5.82. The standard InChI is InChI=1S/C15H21FN2O2/c1-9-8-12(4-5-13(9)16)10(2)18-15(19)14-11(3)20-7-6-17-14/h4-5,8,10-11,14,17H,6-7H2,1-3H3,(H,18,19)/t10?,11-,14+/m1/s1. The van der Waals surface area contributed by atoms with Gasteiger partial charge in [-0.05, 0) is 38.0 Å². The van der Waals surface area contributed by atoms with Crippen molar-refractivity contribution in [3.63, 3.8) is 0 Å². The number of nitrogens with one attached hydrogen (secondary N) is 2. The summed E-state index contributed by atoms with van der Waals surface area (Å²) in [7, 11) is 0. The van der Waals surface area contributed by atoms with Crippen LogP contribution >= 0.6 is 0 Å². The lowest BCUT2D eigenvalue weighted by Crippen LogP contribution is -2.55. The van der Waals surface area contributed by atoms with E-state index in [-0.39, 0.29) is 29.9 Å². The van der Waals surface area contributed by atoms with Crippen LogP contribution in [-0.4, -0.2) is 31.2 Å². The molecule has 0 radical (unpaired) electrons. The second-order valence-electron chi connectivity index (χ2n) is 5.25. The topological polar surface area (TPSA) is 50.4 Å². The smallest absolute Gasteiger partial charge is 0.240 e. The monoisotopic (exact) mass is 280 g/mol. The van der Waals surface area contributed by atoms with Crippen LogP contribution in [0.25, 0.3) is 0 Å². The number of ether oxygens (including phenoxy) is 1. The van der Waals surface area contributed by atoms with Crippen LogP contribution < -0.4 is 10.6 Å². The molecule has 1 aliphatic heterocycles. The van der Waals surface area contributed by atoms with Crippen LogP contribution in [0.15, 0.2) is 18.2 Å². The van der Waals surface area contributed by atoms with Crippen molar-refractivity contribution >= 4 is 5.91 Å². The number of aryl methyl sites for hydroxylation is 1. The van der Waals surface area contributed by atoms with Gasteiger partial charge in [0, 0.05) is 6.54 Å². The van der Waals surface area contributed by atoms with Crippen molar-refractivity contribution in [3.05, 3.63) is 35.1 Å². The maximum Gasteiger partial charge on any atom is 0.240 e. The molecule has 2 N–H and O–H groups in total. The molecule has 0 spiro atoms. The van der Waals surface area contributed by atoms with E-state index in [1.54, 1.807) is 19.1 Å². The zero-order valence-electron chi connectivity index (χ0n) is 12.1. The van der Waals surface area contributed by atoms with Gasteiger partial charge >= 0.3 is 0 Å². The summed E-state index contributed by atoms with van der Waals surface area (Å²) in [5.41, 5.74) is 1.47. The van der Waals surface area contributed by atoms with Gasteiger partial charge in [-0.3, -0.25) is 4.79 Å². The van der Waals surface area contributed by atoms with Crippen molar-refractivity contribution < 1.29 is 13.9 Å².